The van der Waals surface area contributed by atoms with Crippen LogP contribution in [0.25, 0.3) is 22.3 Å². The second kappa shape index (κ2) is 10.8. The molecule has 6 rings (SSSR count). The number of benzene rings is 4. The van der Waals surface area contributed by atoms with Gasteiger partial charge in [-0.05, 0) is 66.2 Å². The van der Waals surface area contributed by atoms with Crippen molar-refractivity contribution < 1.29 is 28.7 Å². The Kier molecular flexibility index (Phi) is 6.77. The fourth-order valence-corrected chi connectivity index (χ4v) is 4.31. The number of methoxy groups -OCH3 is 1. The zero-order valence-corrected chi connectivity index (χ0v) is 21.9. The van der Waals surface area contributed by atoms with Crippen LogP contribution in [0.3, 0.4) is 0 Å². The van der Waals surface area contributed by atoms with Crippen LogP contribution < -0.4 is 24.5 Å². The minimum Gasteiger partial charge on any atom is -0.493 e. The number of nitrogens with zero attached hydrogens (tertiary/aromatic N) is 4. The van der Waals surface area contributed by atoms with Crippen molar-refractivity contribution in [2.24, 2.45) is 5.10 Å². The Morgan fingerprint density at radius 3 is 2.57 bits per heavy atom. The van der Waals surface area contributed by atoms with Crippen LogP contribution in [0.4, 0.5) is 5.69 Å². The van der Waals surface area contributed by atoms with Gasteiger partial charge in [-0.15, -0.1) is 0 Å². The van der Waals surface area contributed by atoms with Gasteiger partial charge in [0.2, 0.25) is 6.79 Å². The van der Waals surface area contributed by atoms with E-state index in [1.165, 1.54) is 43.7 Å². The first-order valence-electron chi connectivity index (χ1n) is 12.5. The highest BCUT2D eigenvalue weighted by atomic mass is 16.7. The van der Waals surface area contributed by atoms with Crippen LogP contribution in [0.1, 0.15) is 15.9 Å². The number of carbonyl (C=O) groups is 1. The monoisotopic (exact) mass is 564 g/mol. The van der Waals surface area contributed by atoms with Crippen molar-refractivity contribution in [1.82, 2.24) is 9.66 Å². The normalized spacial score (nSPS) is 12.0. The number of nitro benzene ring substituents is 1. The van der Waals surface area contributed by atoms with Gasteiger partial charge in [-0.3, -0.25) is 14.9 Å². The average molecular weight is 565 g/mol. The fourth-order valence-electron chi connectivity index (χ4n) is 4.31. The molecule has 0 aliphatic carbocycles. The summed E-state index contributed by atoms with van der Waals surface area (Å²) in [6.45, 7) is 0.0848. The largest absolute Gasteiger partial charge is 0.493 e. The van der Waals surface area contributed by atoms with Gasteiger partial charge in [0, 0.05) is 17.7 Å². The molecular weight excluding hydrogens is 544 g/mol. The van der Waals surface area contributed by atoms with Gasteiger partial charge in [-0.25, -0.2) is 9.78 Å². The predicted octanol–water partition coefficient (Wildman–Crippen LogP) is 4.81. The first-order chi connectivity index (χ1) is 20.4. The topological polar surface area (TPSA) is 144 Å². The van der Waals surface area contributed by atoms with Gasteiger partial charge in [-0.2, -0.15) is 9.78 Å². The summed E-state index contributed by atoms with van der Waals surface area (Å²) >= 11 is 0. The molecule has 2 heterocycles. The summed E-state index contributed by atoms with van der Waals surface area (Å²) in [5.74, 6) is 1.02. The smallest absolute Gasteiger partial charge is 0.343 e. The predicted molar refractivity (Wildman–Crippen MR) is 152 cm³/mol. The van der Waals surface area contributed by atoms with Gasteiger partial charge in [0.25, 0.3) is 11.2 Å². The standard InChI is InChI=1S/C30H20N4O8/c1-39-26-14-18(6-12-25(26)42-30(36)20-9-13-24-27(15-20)41-17-40-24)16-31-33-28(19-7-10-21(11-8-19)34(37)38)32-23-5-3-2-4-22(23)29(33)35/h2-16H,17H2,1H3. The lowest BCUT2D eigenvalue weighted by atomic mass is 10.1. The number of para-hydroxylation sites is 1. The van der Waals surface area contributed by atoms with Gasteiger partial charge in [0.1, 0.15) is 0 Å². The number of aromatic nitrogens is 2. The molecular formula is C30H20N4O8. The minimum absolute atomic E-state index is 0.0848. The lowest BCUT2D eigenvalue weighted by molar-refractivity contribution is -0.384. The molecule has 12 heteroatoms. The molecule has 0 radical (unpaired) electrons. The second-order valence-corrected chi connectivity index (χ2v) is 8.99. The Labute approximate surface area is 237 Å². The number of hydrogen-bond donors (Lipinski definition) is 0. The van der Waals surface area contributed by atoms with Gasteiger partial charge < -0.3 is 18.9 Å². The molecule has 5 aromatic rings. The van der Waals surface area contributed by atoms with Gasteiger partial charge >= 0.3 is 5.97 Å². The molecule has 0 amide bonds. The maximum absolute atomic E-state index is 13.4. The molecule has 1 aromatic heterocycles. The zero-order chi connectivity index (χ0) is 29.2. The third kappa shape index (κ3) is 4.99. The van der Waals surface area contributed by atoms with Crippen molar-refractivity contribution in [2.75, 3.05) is 13.9 Å². The van der Waals surface area contributed by atoms with Crippen LogP contribution in [0.5, 0.6) is 23.0 Å². The molecule has 0 bridgehead atoms. The highest BCUT2D eigenvalue weighted by Crippen LogP contribution is 2.34. The molecule has 0 unspecified atom stereocenters. The van der Waals surface area contributed by atoms with Gasteiger partial charge in [0.05, 0.1) is 34.7 Å². The fraction of sp³-hybridized carbons (Fsp3) is 0.0667. The second-order valence-electron chi connectivity index (χ2n) is 8.99. The number of hydrogen-bond acceptors (Lipinski definition) is 10. The third-order valence-electron chi connectivity index (χ3n) is 6.41. The summed E-state index contributed by atoms with van der Waals surface area (Å²) in [4.78, 5) is 41.4. The number of fused-ring (bicyclic) bond motifs is 2. The summed E-state index contributed by atoms with van der Waals surface area (Å²) < 4.78 is 22.7. The van der Waals surface area contributed by atoms with E-state index in [1.54, 1.807) is 54.6 Å². The Balaban J connectivity index is 1.32. The molecule has 1 aliphatic rings. The molecule has 0 atom stereocenters. The van der Waals surface area contributed by atoms with Crippen LogP contribution in [0.15, 0.2) is 94.8 Å². The average Bonchev–Trinajstić information content (AvgIpc) is 3.49. The van der Waals surface area contributed by atoms with Crippen molar-refractivity contribution in [3.8, 4) is 34.4 Å². The Hall–Kier alpha value is -6.04. The van der Waals surface area contributed by atoms with Crippen molar-refractivity contribution in [1.29, 1.82) is 0 Å². The van der Waals surface area contributed by atoms with E-state index in [2.05, 4.69) is 10.1 Å². The number of esters is 1. The highest BCUT2D eigenvalue weighted by molar-refractivity contribution is 5.92. The molecule has 42 heavy (non-hydrogen) atoms. The van der Waals surface area contributed by atoms with E-state index in [-0.39, 0.29) is 35.4 Å². The van der Waals surface area contributed by atoms with Crippen molar-refractivity contribution in [3.05, 3.63) is 117 Å². The van der Waals surface area contributed by atoms with Gasteiger partial charge in [-0.1, -0.05) is 12.1 Å². The Morgan fingerprint density at radius 2 is 1.79 bits per heavy atom. The van der Waals surface area contributed by atoms with E-state index in [1.807, 2.05) is 0 Å². The highest BCUT2D eigenvalue weighted by Gasteiger charge is 2.19. The summed E-state index contributed by atoms with van der Waals surface area (Å²) in [6, 6.07) is 22.0. The van der Waals surface area contributed by atoms with E-state index >= 15 is 0 Å². The van der Waals surface area contributed by atoms with Crippen molar-refractivity contribution in [3.63, 3.8) is 0 Å². The zero-order valence-electron chi connectivity index (χ0n) is 21.9. The number of nitro groups is 1. The lowest BCUT2D eigenvalue weighted by Gasteiger charge is -2.11. The minimum atomic E-state index is -0.616. The molecule has 0 N–H and O–H groups in total. The summed E-state index contributed by atoms with van der Waals surface area (Å²) in [6.07, 6.45) is 1.43. The van der Waals surface area contributed by atoms with Crippen molar-refractivity contribution >= 4 is 28.8 Å². The van der Waals surface area contributed by atoms with Crippen LogP contribution in [-0.2, 0) is 0 Å². The van der Waals surface area contributed by atoms with Crippen molar-refractivity contribution in [2.45, 2.75) is 0 Å². The number of carbonyl (C=O) groups excluding carboxylic acids is 1. The molecule has 4 aromatic carbocycles. The molecule has 0 saturated carbocycles. The lowest BCUT2D eigenvalue weighted by Crippen LogP contribution is -2.20. The number of non-ortho nitro benzene ring substituents is 1. The van der Waals surface area contributed by atoms with Crippen LogP contribution in [-0.4, -0.2) is 40.7 Å². The van der Waals surface area contributed by atoms with E-state index in [9.17, 15) is 19.7 Å². The number of rotatable bonds is 7. The molecule has 0 spiro atoms. The molecule has 0 fully saturated rings. The maximum atomic E-state index is 13.4. The maximum Gasteiger partial charge on any atom is 0.343 e. The van der Waals surface area contributed by atoms with Crippen LogP contribution in [0, 0.1) is 10.1 Å². The van der Waals surface area contributed by atoms with E-state index in [0.29, 0.717) is 33.5 Å². The SMILES string of the molecule is COc1cc(C=Nn2c(-c3ccc([N+](=O)[O-])cc3)nc3ccccc3c2=O)ccc1OC(=O)c1ccc2c(c1)OCO2. The quantitative estimate of drug-likeness (QED) is 0.0894. The van der Waals surface area contributed by atoms with Gasteiger partial charge in [0.15, 0.2) is 28.8 Å². The molecule has 12 nitrogen and oxygen atoms in total. The van der Waals surface area contributed by atoms with E-state index in [4.69, 9.17) is 18.9 Å². The molecule has 0 saturated heterocycles. The summed E-state index contributed by atoms with van der Waals surface area (Å²) in [5, 5.41) is 15.9. The molecule has 1 aliphatic heterocycles. The van der Waals surface area contributed by atoms with E-state index in [0.717, 1.165) is 4.68 Å². The third-order valence-corrected chi connectivity index (χ3v) is 6.41. The summed E-state index contributed by atoms with van der Waals surface area (Å²) in [7, 11) is 1.43. The first kappa shape index (κ1) is 26.2. The molecule has 208 valence electrons. The Morgan fingerprint density at radius 1 is 1.00 bits per heavy atom. The van der Waals surface area contributed by atoms with Crippen LogP contribution >= 0.6 is 0 Å². The number of ether oxygens (including phenoxy) is 4. The first-order valence-corrected chi connectivity index (χ1v) is 12.5. The Bertz CT molecular complexity index is 1950. The van der Waals surface area contributed by atoms with E-state index < -0.39 is 16.5 Å². The van der Waals surface area contributed by atoms with Crippen LogP contribution in [0.2, 0.25) is 0 Å². The summed E-state index contributed by atoms with van der Waals surface area (Å²) in [5.41, 5.74) is 1.20.